The molecule has 20 heavy (non-hydrogen) atoms. The summed E-state index contributed by atoms with van der Waals surface area (Å²) in [5, 5.41) is 12.2. The zero-order chi connectivity index (χ0) is 15.0. The lowest BCUT2D eigenvalue weighted by molar-refractivity contribution is 0.0250. The second kappa shape index (κ2) is 8.72. The number of aromatic carboxylic acids is 1. The van der Waals surface area contributed by atoms with Gasteiger partial charge in [-0.25, -0.2) is 4.79 Å². The zero-order valence-electron chi connectivity index (χ0n) is 12.6. The van der Waals surface area contributed by atoms with Crippen LogP contribution in [0, 0.1) is 5.92 Å². The van der Waals surface area contributed by atoms with Crippen molar-refractivity contribution in [3.05, 3.63) is 35.4 Å². The number of ether oxygens (including phenoxy) is 1. The van der Waals surface area contributed by atoms with E-state index in [1.807, 2.05) is 19.1 Å². The quantitative estimate of drug-likeness (QED) is 0.682. The predicted molar refractivity (Wildman–Crippen MR) is 80.0 cm³/mol. The fourth-order valence-corrected chi connectivity index (χ4v) is 2.07. The average Bonchev–Trinajstić information content (AvgIpc) is 2.42. The molecule has 112 valence electrons. The van der Waals surface area contributed by atoms with E-state index in [4.69, 9.17) is 9.84 Å². The summed E-state index contributed by atoms with van der Waals surface area (Å²) < 4.78 is 5.69. The first-order valence-electron chi connectivity index (χ1n) is 7.19. The van der Waals surface area contributed by atoms with Gasteiger partial charge in [-0.3, -0.25) is 0 Å². The second-order valence-electron chi connectivity index (χ2n) is 5.21. The fraction of sp³-hybridized carbons (Fsp3) is 0.562. The Labute approximate surface area is 121 Å². The molecule has 0 saturated carbocycles. The van der Waals surface area contributed by atoms with Crippen molar-refractivity contribution < 1.29 is 14.6 Å². The SMILES string of the molecule is CCOC(CCNCc1ccc(C(=O)O)cc1)C(C)C. The normalized spacial score (nSPS) is 12.6. The number of hydrogen-bond donors (Lipinski definition) is 2. The van der Waals surface area contributed by atoms with Gasteiger partial charge in [0.2, 0.25) is 0 Å². The zero-order valence-corrected chi connectivity index (χ0v) is 12.6. The molecule has 1 atom stereocenters. The average molecular weight is 279 g/mol. The van der Waals surface area contributed by atoms with Crippen molar-refractivity contribution >= 4 is 5.97 Å². The maximum atomic E-state index is 10.7. The lowest BCUT2D eigenvalue weighted by atomic mass is 10.0. The van der Waals surface area contributed by atoms with Crippen molar-refractivity contribution in [2.24, 2.45) is 5.92 Å². The highest BCUT2D eigenvalue weighted by atomic mass is 16.5. The molecule has 0 heterocycles. The minimum absolute atomic E-state index is 0.293. The highest BCUT2D eigenvalue weighted by Gasteiger charge is 2.12. The van der Waals surface area contributed by atoms with Gasteiger partial charge in [-0.15, -0.1) is 0 Å². The third-order valence-corrected chi connectivity index (χ3v) is 3.26. The number of carboxylic acids is 1. The van der Waals surface area contributed by atoms with Crippen molar-refractivity contribution in [3.63, 3.8) is 0 Å². The van der Waals surface area contributed by atoms with Crippen LogP contribution in [0.25, 0.3) is 0 Å². The molecule has 0 aliphatic heterocycles. The largest absolute Gasteiger partial charge is 0.478 e. The first-order chi connectivity index (χ1) is 9.54. The summed E-state index contributed by atoms with van der Waals surface area (Å²) in [4.78, 5) is 10.7. The van der Waals surface area contributed by atoms with Crippen molar-refractivity contribution in [1.29, 1.82) is 0 Å². The van der Waals surface area contributed by atoms with Crippen molar-refractivity contribution in [1.82, 2.24) is 5.32 Å². The Hall–Kier alpha value is -1.39. The van der Waals surface area contributed by atoms with Crippen molar-refractivity contribution in [2.45, 2.75) is 39.8 Å². The van der Waals surface area contributed by atoms with Gasteiger partial charge in [0.25, 0.3) is 0 Å². The molecule has 0 aromatic heterocycles. The smallest absolute Gasteiger partial charge is 0.335 e. The summed E-state index contributed by atoms with van der Waals surface area (Å²) in [6.45, 7) is 8.75. The third-order valence-electron chi connectivity index (χ3n) is 3.26. The van der Waals surface area contributed by atoms with Crippen LogP contribution in [0.15, 0.2) is 24.3 Å². The molecule has 4 nitrogen and oxygen atoms in total. The minimum atomic E-state index is -0.888. The molecule has 1 aromatic rings. The maximum Gasteiger partial charge on any atom is 0.335 e. The van der Waals surface area contributed by atoms with E-state index in [-0.39, 0.29) is 0 Å². The van der Waals surface area contributed by atoms with Crippen LogP contribution < -0.4 is 5.32 Å². The van der Waals surface area contributed by atoms with Gasteiger partial charge in [-0.05, 0) is 43.5 Å². The molecule has 1 aromatic carbocycles. The molecule has 0 bridgehead atoms. The Morgan fingerprint density at radius 2 is 1.95 bits per heavy atom. The summed E-state index contributed by atoms with van der Waals surface area (Å²) in [7, 11) is 0. The van der Waals surface area contributed by atoms with E-state index in [1.54, 1.807) is 12.1 Å². The van der Waals surface area contributed by atoms with Crippen LogP contribution in [-0.4, -0.2) is 30.3 Å². The lowest BCUT2D eigenvalue weighted by Crippen LogP contribution is -2.26. The second-order valence-corrected chi connectivity index (χ2v) is 5.21. The number of benzene rings is 1. The van der Waals surface area contributed by atoms with Gasteiger partial charge in [-0.1, -0.05) is 26.0 Å². The Bertz CT molecular complexity index is 401. The van der Waals surface area contributed by atoms with E-state index in [1.165, 1.54) is 0 Å². The topological polar surface area (TPSA) is 58.6 Å². The molecule has 4 heteroatoms. The molecule has 0 spiro atoms. The van der Waals surface area contributed by atoms with Crippen LogP contribution in [0.5, 0.6) is 0 Å². The van der Waals surface area contributed by atoms with Crippen molar-refractivity contribution in [2.75, 3.05) is 13.2 Å². The summed E-state index contributed by atoms with van der Waals surface area (Å²) in [5.74, 6) is -0.368. The molecule has 2 N–H and O–H groups in total. The Morgan fingerprint density at radius 1 is 1.30 bits per heavy atom. The van der Waals surface area contributed by atoms with Crippen LogP contribution >= 0.6 is 0 Å². The molecule has 0 aliphatic rings. The molecule has 1 rings (SSSR count). The van der Waals surface area contributed by atoms with Gasteiger partial charge < -0.3 is 15.2 Å². The first-order valence-corrected chi connectivity index (χ1v) is 7.19. The third kappa shape index (κ3) is 5.72. The van der Waals surface area contributed by atoms with Crippen molar-refractivity contribution in [3.8, 4) is 0 Å². The summed E-state index contributed by atoms with van der Waals surface area (Å²) in [6, 6.07) is 6.96. The van der Waals surface area contributed by atoms with E-state index < -0.39 is 5.97 Å². The number of carboxylic acid groups (broad SMARTS) is 1. The van der Waals surface area contributed by atoms with E-state index in [9.17, 15) is 4.79 Å². The van der Waals surface area contributed by atoms with E-state index >= 15 is 0 Å². The number of nitrogens with one attached hydrogen (secondary N) is 1. The molecule has 0 amide bonds. The molecule has 0 aliphatic carbocycles. The highest BCUT2D eigenvalue weighted by Crippen LogP contribution is 2.10. The molecule has 0 saturated heterocycles. The van der Waals surface area contributed by atoms with Gasteiger partial charge in [0.1, 0.15) is 0 Å². The standard InChI is InChI=1S/C16H25NO3/c1-4-20-15(12(2)3)9-10-17-11-13-5-7-14(8-6-13)16(18)19/h5-8,12,15,17H,4,9-11H2,1-3H3,(H,18,19). The van der Waals surface area contributed by atoms with Crippen LogP contribution in [-0.2, 0) is 11.3 Å². The fourth-order valence-electron chi connectivity index (χ4n) is 2.07. The number of hydrogen-bond acceptors (Lipinski definition) is 3. The summed E-state index contributed by atoms with van der Waals surface area (Å²) in [5.41, 5.74) is 1.41. The Morgan fingerprint density at radius 3 is 2.45 bits per heavy atom. The summed E-state index contributed by atoms with van der Waals surface area (Å²) in [6.07, 6.45) is 1.28. The molecule has 0 radical (unpaired) electrons. The van der Waals surface area contributed by atoms with Crippen LogP contribution in [0.1, 0.15) is 43.1 Å². The monoisotopic (exact) mass is 279 g/mol. The van der Waals surface area contributed by atoms with Gasteiger partial charge in [-0.2, -0.15) is 0 Å². The molecular weight excluding hydrogens is 254 g/mol. The molecule has 1 unspecified atom stereocenters. The van der Waals surface area contributed by atoms with Crippen LogP contribution in [0.3, 0.4) is 0 Å². The van der Waals surface area contributed by atoms with Crippen LogP contribution in [0.2, 0.25) is 0 Å². The highest BCUT2D eigenvalue weighted by molar-refractivity contribution is 5.87. The molecule has 0 fully saturated rings. The summed E-state index contributed by atoms with van der Waals surface area (Å²) >= 11 is 0. The Kier molecular flexibility index (Phi) is 7.26. The predicted octanol–water partition coefficient (Wildman–Crippen LogP) is 2.93. The minimum Gasteiger partial charge on any atom is -0.478 e. The number of rotatable bonds is 9. The van der Waals surface area contributed by atoms with E-state index in [0.717, 1.165) is 31.7 Å². The van der Waals surface area contributed by atoms with E-state index in [2.05, 4.69) is 19.2 Å². The maximum absolute atomic E-state index is 10.7. The number of carbonyl (C=O) groups is 1. The first kappa shape index (κ1) is 16.7. The Balaban J connectivity index is 2.31. The lowest BCUT2D eigenvalue weighted by Gasteiger charge is -2.20. The van der Waals surface area contributed by atoms with Gasteiger partial charge in [0.15, 0.2) is 0 Å². The van der Waals surface area contributed by atoms with Gasteiger partial charge in [0, 0.05) is 13.2 Å². The van der Waals surface area contributed by atoms with Gasteiger partial charge in [0.05, 0.1) is 11.7 Å². The van der Waals surface area contributed by atoms with Crippen LogP contribution in [0.4, 0.5) is 0 Å². The van der Waals surface area contributed by atoms with Gasteiger partial charge >= 0.3 is 5.97 Å². The molecular formula is C16H25NO3. The van der Waals surface area contributed by atoms with E-state index in [0.29, 0.717) is 17.6 Å².